The van der Waals surface area contributed by atoms with E-state index in [2.05, 4.69) is 27.5 Å². The molecule has 0 unspecified atom stereocenters. The minimum atomic E-state index is 0.0351. The first kappa shape index (κ1) is 17.4. The summed E-state index contributed by atoms with van der Waals surface area (Å²) >= 11 is 1.71. The highest BCUT2D eigenvalue weighted by Crippen LogP contribution is 2.16. The van der Waals surface area contributed by atoms with Crippen molar-refractivity contribution >= 4 is 17.3 Å². The maximum Gasteiger partial charge on any atom is 0.191 e. The van der Waals surface area contributed by atoms with Crippen molar-refractivity contribution in [1.29, 1.82) is 0 Å². The van der Waals surface area contributed by atoms with Gasteiger partial charge in [0.2, 0.25) is 0 Å². The molecule has 0 aliphatic carbocycles. The molecule has 5 nitrogen and oxygen atoms in total. The molecule has 0 bridgehead atoms. The van der Waals surface area contributed by atoms with Crippen LogP contribution in [-0.4, -0.2) is 22.6 Å². The summed E-state index contributed by atoms with van der Waals surface area (Å²) in [5.41, 5.74) is 3.04. The minimum absolute atomic E-state index is 0.0351. The van der Waals surface area contributed by atoms with Crippen LogP contribution in [0.25, 0.3) is 0 Å². The molecule has 0 saturated heterocycles. The molecule has 0 amide bonds. The Balaban J connectivity index is 2.02. The summed E-state index contributed by atoms with van der Waals surface area (Å²) in [7, 11) is 0. The van der Waals surface area contributed by atoms with Crippen molar-refractivity contribution in [3.05, 3.63) is 51.0 Å². The van der Waals surface area contributed by atoms with Gasteiger partial charge in [0.05, 0.1) is 25.4 Å². The Morgan fingerprint density at radius 2 is 1.96 bits per heavy atom. The molecule has 0 aliphatic rings. The number of hydrogen-bond donors (Lipinski definition) is 3. The average Bonchev–Trinajstić information content (AvgIpc) is 2.88. The molecule has 0 fully saturated rings. The van der Waals surface area contributed by atoms with Gasteiger partial charge in [-0.3, -0.25) is 0 Å². The van der Waals surface area contributed by atoms with Crippen molar-refractivity contribution < 1.29 is 5.11 Å². The number of guanidine groups is 1. The van der Waals surface area contributed by atoms with Crippen molar-refractivity contribution in [2.75, 3.05) is 6.54 Å². The number of benzene rings is 1. The maximum absolute atomic E-state index is 9.38. The fourth-order valence-electron chi connectivity index (χ4n) is 2.15. The van der Waals surface area contributed by atoms with Gasteiger partial charge in [-0.1, -0.05) is 24.3 Å². The van der Waals surface area contributed by atoms with Crippen LogP contribution in [-0.2, 0) is 19.7 Å². The lowest BCUT2D eigenvalue weighted by Crippen LogP contribution is -2.36. The predicted octanol–water partition coefficient (Wildman–Crippen LogP) is 2.51. The van der Waals surface area contributed by atoms with E-state index in [1.54, 1.807) is 11.3 Å². The van der Waals surface area contributed by atoms with Gasteiger partial charge < -0.3 is 15.7 Å². The first-order valence-electron chi connectivity index (χ1n) is 7.76. The summed E-state index contributed by atoms with van der Waals surface area (Å²) in [6.45, 7) is 8.17. The summed E-state index contributed by atoms with van der Waals surface area (Å²) in [5.74, 6) is 0.755. The van der Waals surface area contributed by atoms with Crippen LogP contribution in [0.2, 0.25) is 0 Å². The Morgan fingerprint density at radius 1 is 1.22 bits per heavy atom. The van der Waals surface area contributed by atoms with Crippen molar-refractivity contribution in [3.63, 3.8) is 0 Å². The number of thiazole rings is 1. The third kappa shape index (κ3) is 5.04. The number of rotatable bonds is 6. The first-order valence-corrected chi connectivity index (χ1v) is 8.58. The molecular weight excluding hydrogens is 308 g/mol. The predicted molar refractivity (Wildman–Crippen MR) is 95.6 cm³/mol. The van der Waals surface area contributed by atoms with Crippen molar-refractivity contribution in [2.24, 2.45) is 4.99 Å². The Morgan fingerprint density at radius 3 is 2.57 bits per heavy atom. The van der Waals surface area contributed by atoms with Crippen molar-refractivity contribution in [2.45, 2.75) is 40.5 Å². The van der Waals surface area contributed by atoms with E-state index in [9.17, 15) is 5.11 Å². The molecule has 2 rings (SSSR count). The highest BCUT2D eigenvalue weighted by Gasteiger charge is 2.05. The van der Waals surface area contributed by atoms with Crippen LogP contribution in [0, 0.1) is 13.8 Å². The van der Waals surface area contributed by atoms with Gasteiger partial charge in [0.1, 0.15) is 5.01 Å². The molecule has 0 spiro atoms. The number of hydrogen-bond acceptors (Lipinski definition) is 4. The van der Waals surface area contributed by atoms with E-state index in [-0.39, 0.29) is 6.61 Å². The van der Waals surface area contributed by atoms with E-state index in [1.807, 2.05) is 38.1 Å². The lowest BCUT2D eigenvalue weighted by Gasteiger charge is -2.11. The number of nitrogens with one attached hydrogen (secondary N) is 2. The van der Waals surface area contributed by atoms with Gasteiger partial charge in [0, 0.05) is 11.4 Å². The molecule has 1 aromatic carbocycles. The minimum Gasteiger partial charge on any atom is -0.392 e. The van der Waals surface area contributed by atoms with Crippen LogP contribution < -0.4 is 10.6 Å². The number of aromatic nitrogens is 1. The summed E-state index contributed by atoms with van der Waals surface area (Å²) in [6, 6.07) is 7.80. The van der Waals surface area contributed by atoms with E-state index in [0.29, 0.717) is 13.1 Å². The fraction of sp³-hybridized carbons (Fsp3) is 0.412. The second-order valence-corrected chi connectivity index (χ2v) is 6.51. The largest absolute Gasteiger partial charge is 0.392 e. The number of aliphatic imine (C=N–C) groups is 1. The molecule has 1 heterocycles. The molecule has 0 radical (unpaired) electrons. The van der Waals surface area contributed by atoms with Crippen LogP contribution in [0.4, 0.5) is 0 Å². The molecule has 0 saturated carbocycles. The number of aryl methyl sites for hydroxylation is 2. The van der Waals surface area contributed by atoms with Gasteiger partial charge in [-0.2, -0.15) is 0 Å². The lowest BCUT2D eigenvalue weighted by molar-refractivity contribution is 0.280. The zero-order valence-electron chi connectivity index (χ0n) is 13.9. The zero-order chi connectivity index (χ0) is 16.7. The number of aliphatic hydroxyl groups is 1. The Kier molecular flexibility index (Phi) is 6.55. The second kappa shape index (κ2) is 8.64. The smallest absolute Gasteiger partial charge is 0.191 e. The standard InChI is InChI=1S/C17H24N4OS/c1-4-18-17(20-10-16-21-12(2)13(3)23-16)19-9-14-7-5-6-8-15(14)11-22/h5-8,22H,4,9-11H2,1-3H3,(H2,18,19,20). The summed E-state index contributed by atoms with van der Waals surface area (Å²) in [6.07, 6.45) is 0. The van der Waals surface area contributed by atoms with Crippen LogP contribution >= 0.6 is 11.3 Å². The monoisotopic (exact) mass is 332 g/mol. The van der Waals surface area contributed by atoms with Crippen LogP contribution in [0.15, 0.2) is 29.3 Å². The number of aliphatic hydroxyl groups excluding tert-OH is 1. The molecule has 124 valence electrons. The van der Waals surface area contributed by atoms with Crippen LogP contribution in [0.5, 0.6) is 0 Å². The van der Waals surface area contributed by atoms with Gasteiger partial charge in [-0.15, -0.1) is 11.3 Å². The zero-order valence-corrected chi connectivity index (χ0v) is 14.7. The van der Waals surface area contributed by atoms with E-state index in [4.69, 9.17) is 0 Å². The third-order valence-corrected chi connectivity index (χ3v) is 4.59. The van der Waals surface area contributed by atoms with E-state index in [1.165, 1.54) is 4.88 Å². The topological polar surface area (TPSA) is 69.5 Å². The summed E-state index contributed by atoms with van der Waals surface area (Å²) < 4.78 is 0. The Bertz CT molecular complexity index is 647. The van der Waals surface area contributed by atoms with Crippen molar-refractivity contribution in [3.8, 4) is 0 Å². The van der Waals surface area contributed by atoms with Gasteiger partial charge in [-0.05, 0) is 31.9 Å². The second-order valence-electron chi connectivity index (χ2n) is 5.22. The van der Waals surface area contributed by atoms with Gasteiger partial charge in [0.15, 0.2) is 5.96 Å². The van der Waals surface area contributed by atoms with E-state index in [0.717, 1.165) is 34.3 Å². The molecular formula is C17H24N4OS. The first-order chi connectivity index (χ1) is 11.1. The van der Waals surface area contributed by atoms with Gasteiger partial charge in [-0.25, -0.2) is 9.98 Å². The van der Waals surface area contributed by atoms with Gasteiger partial charge >= 0.3 is 0 Å². The quantitative estimate of drug-likeness (QED) is 0.561. The maximum atomic E-state index is 9.38. The lowest BCUT2D eigenvalue weighted by atomic mass is 10.1. The molecule has 1 aromatic heterocycles. The molecule has 3 N–H and O–H groups in total. The van der Waals surface area contributed by atoms with E-state index >= 15 is 0 Å². The third-order valence-electron chi connectivity index (χ3n) is 3.52. The summed E-state index contributed by atoms with van der Waals surface area (Å²) in [5, 5.41) is 17.0. The SMILES string of the molecule is CCNC(=NCc1ccccc1CO)NCc1nc(C)c(C)s1. The highest BCUT2D eigenvalue weighted by molar-refractivity contribution is 7.11. The number of nitrogens with zero attached hydrogens (tertiary/aromatic N) is 2. The van der Waals surface area contributed by atoms with Crippen molar-refractivity contribution in [1.82, 2.24) is 15.6 Å². The molecule has 23 heavy (non-hydrogen) atoms. The van der Waals surface area contributed by atoms with Crippen LogP contribution in [0.1, 0.15) is 33.6 Å². The Hall–Kier alpha value is -1.92. The molecule has 6 heteroatoms. The molecule has 0 aliphatic heterocycles. The van der Waals surface area contributed by atoms with Crippen LogP contribution in [0.3, 0.4) is 0 Å². The average molecular weight is 332 g/mol. The van der Waals surface area contributed by atoms with E-state index < -0.39 is 0 Å². The fourth-order valence-corrected chi connectivity index (χ4v) is 3.02. The molecule has 2 aromatic rings. The highest BCUT2D eigenvalue weighted by atomic mass is 32.1. The summed E-state index contributed by atoms with van der Waals surface area (Å²) in [4.78, 5) is 10.4. The Labute approximate surface area is 141 Å². The molecule has 0 atom stereocenters. The normalized spacial score (nSPS) is 11.6. The van der Waals surface area contributed by atoms with Gasteiger partial charge in [0.25, 0.3) is 0 Å².